The Morgan fingerprint density at radius 3 is 2.81 bits per heavy atom. The SMILES string of the molecule is Cc1nn(C)c(NCc2cccc(C(=O)N3CCOCC3)c2)c1[N+](=O)[O-]. The van der Waals surface area contributed by atoms with Gasteiger partial charge >= 0.3 is 5.69 Å². The molecule has 0 aliphatic carbocycles. The Bertz CT molecular complexity index is 827. The van der Waals surface area contributed by atoms with Crippen molar-refractivity contribution in [3.63, 3.8) is 0 Å². The molecule has 0 saturated carbocycles. The van der Waals surface area contributed by atoms with E-state index in [2.05, 4.69) is 10.4 Å². The number of nitrogens with zero attached hydrogens (tertiary/aromatic N) is 4. The van der Waals surface area contributed by atoms with E-state index in [9.17, 15) is 14.9 Å². The van der Waals surface area contributed by atoms with Crippen LogP contribution in [0.1, 0.15) is 21.6 Å². The Kier molecular flexibility index (Phi) is 5.17. The molecule has 1 aromatic carbocycles. The van der Waals surface area contributed by atoms with Crippen LogP contribution in [-0.2, 0) is 18.3 Å². The molecule has 3 rings (SSSR count). The molecule has 0 atom stereocenters. The van der Waals surface area contributed by atoms with E-state index in [-0.39, 0.29) is 11.6 Å². The van der Waals surface area contributed by atoms with E-state index in [1.54, 1.807) is 31.0 Å². The molecule has 1 aliphatic heterocycles. The van der Waals surface area contributed by atoms with Crippen LogP contribution in [0.15, 0.2) is 24.3 Å². The molecule has 9 nitrogen and oxygen atoms in total. The number of ether oxygens (including phenoxy) is 1. The monoisotopic (exact) mass is 359 g/mol. The van der Waals surface area contributed by atoms with Crippen molar-refractivity contribution in [2.45, 2.75) is 13.5 Å². The third-order valence-corrected chi connectivity index (χ3v) is 4.31. The van der Waals surface area contributed by atoms with Gasteiger partial charge in [-0.15, -0.1) is 0 Å². The molecule has 0 bridgehead atoms. The highest BCUT2D eigenvalue weighted by molar-refractivity contribution is 5.94. The highest BCUT2D eigenvalue weighted by Gasteiger charge is 2.24. The minimum absolute atomic E-state index is 0.0301. The van der Waals surface area contributed by atoms with Gasteiger partial charge < -0.3 is 15.0 Å². The van der Waals surface area contributed by atoms with Gasteiger partial charge in [0.05, 0.1) is 18.1 Å². The van der Waals surface area contributed by atoms with Crippen LogP contribution in [0.25, 0.3) is 0 Å². The highest BCUT2D eigenvalue weighted by Crippen LogP contribution is 2.27. The summed E-state index contributed by atoms with van der Waals surface area (Å²) in [5.41, 5.74) is 1.78. The standard InChI is InChI=1S/C17H21N5O4/c1-12-15(22(24)25)16(20(2)19-12)18-11-13-4-3-5-14(10-13)17(23)21-6-8-26-9-7-21/h3-5,10,18H,6-9,11H2,1-2H3. The molecule has 2 aromatic rings. The van der Waals surface area contributed by atoms with Crippen molar-refractivity contribution in [3.05, 3.63) is 51.2 Å². The maximum atomic E-state index is 12.6. The molecule has 2 heterocycles. The van der Waals surface area contributed by atoms with E-state index in [1.807, 2.05) is 12.1 Å². The van der Waals surface area contributed by atoms with E-state index in [0.717, 1.165) is 5.56 Å². The first-order valence-corrected chi connectivity index (χ1v) is 8.35. The number of morpholine rings is 1. The van der Waals surface area contributed by atoms with Crippen molar-refractivity contribution in [2.24, 2.45) is 7.05 Å². The molecule has 1 N–H and O–H groups in total. The predicted molar refractivity (Wildman–Crippen MR) is 95.1 cm³/mol. The zero-order valence-electron chi connectivity index (χ0n) is 14.8. The second-order valence-electron chi connectivity index (χ2n) is 6.12. The molecule has 1 saturated heterocycles. The quantitative estimate of drug-likeness (QED) is 0.644. The maximum absolute atomic E-state index is 12.6. The number of nitrogens with one attached hydrogen (secondary N) is 1. The van der Waals surface area contributed by atoms with Crippen molar-refractivity contribution in [1.29, 1.82) is 0 Å². The summed E-state index contributed by atoms with van der Waals surface area (Å²) >= 11 is 0. The number of carbonyl (C=O) groups is 1. The third-order valence-electron chi connectivity index (χ3n) is 4.31. The molecule has 0 unspecified atom stereocenters. The molecule has 1 amide bonds. The zero-order chi connectivity index (χ0) is 18.7. The molecular formula is C17H21N5O4. The fourth-order valence-electron chi connectivity index (χ4n) is 3.01. The molecule has 138 valence electrons. The number of aromatic nitrogens is 2. The number of benzene rings is 1. The normalized spacial score (nSPS) is 14.3. The molecule has 0 spiro atoms. The number of hydrogen-bond donors (Lipinski definition) is 1. The van der Waals surface area contributed by atoms with Crippen LogP contribution in [0.4, 0.5) is 11.5 Å². The fourth-order valence-corrected chi connectivity index (χ4v) is 3.01. The first-order chi connectivity index (χ1) is 12.5. The van der Waals surface area contributed by atoms with Crippen LogP contribution in [0.3, 0.4) is 0 Å². The van der Waals surface area contributed by atoms with E-state index >= 15 is 0 Å². The van der Waals surface area contributed by atoms with Gasteiger partial charge in [0.25, 0.3) is 5.91 Å². The summed E-state index contributed by atoms with van der Waals surface area (Å²) in [7, 11) is 1.65. The molecular weight excluding hydrogens is 338 g/mol. The van der Waals surface area contributed by atoms with E-state index in [1.165, 1.54) is 4.68 Å². The Morgan fingerprint density at radius 2 is 2.12 bits per heavy atom. The Hall–Kier alpha value is -2.94. The predicted octanol–water partition coefficient (Wildman–Crippen LogP) is 1.72. The number of carbonyl (C=O) groups excluding carboxylic acids is 1. The molecule has 9 heteroatoms. The first kappa shape index (κ1) is 17.9. The fraction of sp³-hybridized carbons (Fsp3) is 0.412. The van der Waals surface area contributed by atoms with Gasteiger partial charge in [0.15, 0.2) is 0 Å². The van der Waals surface area contributed by atoms with Crippen molar-refractivity contribution in [1.82, 2.24) is 14.7 Å². The lowest BCUT2D eigenvalue weighted by Gasteiger charge is -2.27. The minimum atomic E-state index is -0.441. The zero-order valence-corrected chi connectivity index (χ0v) is 14.8. The van der Waals surface area contributed by atoms with Gasteiger partial charge in [-0.2, -0.15) is 5.10 Å². The molecule has 26 heavy (non-hydrogen) atoms. The summed E-state index contributed by atoms with van der Waals surface area (Å²) in [6, 6.07) is 7.27. The number of amides is 1. The number of hydrogen-bond acceptors (Lipinski definition) is 6. The molecule has 1 aromatic heterocycles. The lowest BCUT2D eigenvalue weighted by atomic mass is 10.1. The summed E-state index contributed by atoms with van der Waals surface area (Å²) < 4.78 is 6.73. The van der Waals surface area contributed by atoms with Crippen LogP contribution >= 0.6 is 0 Å². The number of anilines is 1. The Labute approximate surface area is 150 Å². The van der Waals surface area contributed by atoms with Gasteiger partial charge in [0, 0.05) is 32.2 Å². The van der Waals surface area contributed by atoms with Crippen LogP contribution in [-0.4, -0.2) is 51.8 Å². The van der Waals surface area contributed by atoms with E-state index in [4.69, 9.17) is 4.74 Å². The van der Waals surface area contributed by atoms with Gasteiger partial charge in [0.2, 0.25) is 5.82 Å². The molecule has 1 aliphatic rings. The first-order valence-electron chi connectivity index (χ1n) is 8.35. The lowest BCUT2D eigenvalue weighted by Crippen LogP contribution is -2.40. The maximum Gasteiger partial charge on any atom is 0.333 e. The van der Waals surface area contributed by atoms with Crippen LogP contribution in [0, 0.1) is 17.0 Å². The summed E-state index contributed by atoms with van der Waals surface area (Å²) in [6.45, 7) is 4.23. The van der Waals surface area contributed by atoms with Crippen molar-refractivity contribution >= 4 is 17.4 Å². The van der Waals surface area contributed by atoms with Crippen molar-refractivity contribution in [2.75, 3.05) is 31.6 Å². The Balaban J connectivity index is 1.74. The summed E-state index contributed by atoms with van der Waals surface area (Å²) in [4.78, 5) is 25.1. The van der Waals surface area contributed by atoms with Gasteiger partial charge in [-0.25, -0.2) is 4.68 Å². The summed E-state index contributed by atoms with van der Waals surface area (Å²) in [5, 5.41) is 18.4. The van der Waals surface area contributed by atoms with Gasteiger partial charge in [-0.05, 0) is 24.6 Å². The van der Waals surface area contributed by atoms with Crippen LogP contribution in [0.5, 0.6) is 0 Å². The van der Waals surface area contributed by atoms with E-state index in [0.29, 0.717) is 49.9 Å². The van der Waals surface area contributed by atoms with Crippen LogP contribution in [0.2, 0.25) is 0 Å². The number of aryl methyl sites for hydroxylation is 2. The summed E-state index contributed by atoms with van der Waals surface area (Å²) in [6.07, 6.45) is 0. The highest BCUT2D eigenvalue weighted by atomic mass is 16.6. The smallest absolute Gasteiger partial charge is 0.333 e. The van der Waals surface area contributed by atoms with E-state index < -0.39 is 4.92 Å². The average molecular weight is 359 g/mol. The van der Waals surface area contributed by atoms with Crippen molar-refractivity contribution < 1.29 is 14.5 Å². The molecule has 0 radical (unpaired) electrons. The third kappa shape index (κ3) is 3.67. The largest absolute Gasteiger partial charge is 0.378 e. The average Bonchev–Trinajstić information content (AvgIpc) is 2.93. The van der Waals surface area contributed by atoms with Gasteiger partial charge in [-0.3, -0.25) is 14.9 Å². The topological polar surface area (TPSA) is 103 Å². The Morgan fingerprint density at radius 1 is 1.38 bits per heavy atom. The van der Waals surface area contributed by atoms with Crippen LogP contribution < -0.4 is 5.32 Å². The van der Waals surface area contributed by atoms with Gasteiger partial charge in [-0.1, -0.05) is 12.1 Å². The summed E-state index contributed by atoms with van der Waals surface area (Å²) in [5.74, 6) is 0.315. The molecule has 1 fully saturated rings. The second-order valence-corrected chi connectivity index (χ2v) is 6.12. The minimum Gasteiger partial charge on any atom is -0.378 e. The van der Waals surface area contributed by atoms with Gasteiger partial charge in [0.1, 0.15) is 5.69 Å². The lowest BCUT2D eigenvalue weighted by molar-refractivity contribution is -0.384. The van der Waals surface area contributed by atoms with Crippen molar-refractivity contribution in [3.8, 4) is 0 Å². The number of rotatable bonds is 5. The second kappa shape index (κ2) is 7.52. The number of nitro groups is 1.